The molecule has 1 aliphatic heterocycles. The highest BCUT2D eigenvalue weighted by atomic mass is 16.2. The molecule has 26 heavy (non-hydrogen) atoms. The fourth-order valence-electron chi connectivity index (χ4n) is 3.83. The van der Waals surface area contributed by atoms with Gasteiger partial charge in [-0.05, 0) is 36.0 Å². The molecule has 4 heteroatoms. The van der Waals surface area contributed by atoms with Crippen LogP contribution in [0.1, 0.15) is 31.7 Å². The molecule has 0 unspecified atom stereocenters. The summed E-state index contributed by atoms with van der Waals surface area (Å²) in [5, 5.41) is 0. The van der Waals surface area contributed by atoms with Gasteiger partial charge in [-0.1, -0.05) is 61.5 Å². The molecule has 2 aromatic carbocycles. The van der Waals surface area contributed by atoms with E-state index in [1.54, 1.807) is 4.90 Å². The van der Waals surface area contributed by atoms with E-state index in [4.69, 9.17) is 5.73 Å². The molecule has 0 saturated carbocycles. The normalized spacial score (nSPS) is 19.5. The molecule has 3 rings (SSSR count). The molecule has 0 aromatic heterocycles. The van der Waals surface area contributed by atoms with Gasteiger partial charge in [0.05, 0.1) is 5.41 Å². The van der Waals surface area contributed by atoms with Gasteiger partial charge in [-0.3, -0.25) is 9.59 Å². The lowest BCUT2D eigenvalue weighted by Crippen LogP contribution is -2.42. The van der Waals surface area contributed by atoms with Crippen LogP contribution in [0.25, 0.3) is 11.1 Å². The van der Waals surface area contributed by atoms with Crippen molar-refractivity contribution in [1.82, 2.24) is 4.90 Å². The van der Waals surface area contributed by atoms with Crippen LogP contribution >= 0.6 is 0 Å². The summed E-state index contributed by atoms with van der Waals surface area (Å²) in [4.78, 5) is 26.5. The summed E-state index contributed by atoms with van der Waals surface area (Å²) in [6, 6.07) is 18.3. The number of nitrogens with zero attached hydrogens (tertiary/aromatic N) is 1. The third-order valence-electron chi connectivity index (χ3n) is 5.32. The molecule has 0 radical (unpaired) electrons. The van der Waals surface area contributed by atoms with Crippen molar-refractivity contribution in [3.05, 3.63) is 60.2 Å². The average Bonchev–Trinajstić information content (AvgIpc) is 3.09. The molecule has 0 bridgehead atoms. The lowest BCUT2D eigenvalue weighted by atomic mass is 9.78. The molecule has 1 saturated heterocycles. The Kier molecular flexibility index (Phi) is 5.40. The fourth-order valence-corrected chi connectivity index (χ4v) is 3.83. The maximum Gasteiger partial charge on any atom is 0.225 e. The van der Waals surface area contributed by atoms with Crippen LogP contribution in [-0.2, 0) is 16.0 Å². The third kappa shape index (κ3) is 3.64. The van der Waals surface area contributed by atoms with E-state index in [0.29, 0.717) is 32.4 Å². The van der Waals surface area contributed by atoms with Crippen molar-refractivity contribution in [2.24, 2.45) is 11.1 Å². The highest BCUT2D eigenvalue weighted by Crippen LogP contribution is 2.37. The molecular formula is C22H26N2O2. The van der Waals surface area contributed by atoms with Crippen LogP contribution in [-0.4, -0.2) is 29.8 Å². The monoisotopic (exact) mass is 350 g/mol. The first-order chi connectivity index (χ1) is 12.6. The molecule has 4 nitrogen and oxygen atoms in total. The third-order valence-corrected chi connectivity index (χ3v) is 5.32. The van der Waals surface area contributed by atoms with E-state index in [9.17, 15) is 9.59 Å². The van der Waals surface area contributed by atoms with Crippen LogP contribution in [0.15, 0.2) is 54.6 Å². The minimum absolute atomic E-state index is 0.118. The van der Waals surface area contributed by atoms with Gasteiger partial charge in [0, 0.05) is 19.5 Å². The minimum atomic E-state index is -0.686. The average molecular weight is 350 g/mol. The Balaban J connectivity index is 1.89. The Morgan fingerprint density at radius 1 is 1.08 bits per heavy atom. The summed E-state index contributed by atoms with van der Waals surface area (Å²) in [5.41, 5.74) is 8.48. The maximum absolute atomic E-state index is 12.4. The first-order valence-electron chi connectivity index (χ1n) is 9.27. The SMILES string of the molecule is CCCC(=O)N1CC[C@](Cc2ccccc2-c2ccccc2)(C(N)=O)C1. The van der Waals surface area contributed by atoms with Crippen molar-refractivity contribution in [1.29, 1.82) is 0 Å². The number of amides is 2. The number of hydrogen-bond donors (Lipinski definition) is 1. The number of nitrogens with two attached hydrogens (primary N) is 1. The molecule has 2 aromatic rings. The molecule has 1 atom stereocenters. The first kappa shape index (κ1) is 18.2. The van der Waals surface area contributed by atoms with Crippen molar-refractivity contribution in [3.8, 4) is 11.1 Å². The van der Waals surface area contributed by atoms with Gasteiger partial charge in [-0.25, -0.2) is 0 Å². The Morgan fingerprint density at radius 2 is 1.77 bits per heavy atom. The largest absolute Gasteiger partial charge is 0.369 e. The Hall–Kier alpha value is -2.62. The van der Waals surface area contributed by atoms with Gasteiger partial charge in [-0.15, -0.1) is 0 Å². The standard InChI is InChI=1S/C22H26N2O2/c1-2-8-20(25)24-14-13-22(16-24,21(23)26)15-18-11-6-7-12-19(18)17-9-4-3-5-10-17/h3-7,9-12H,2,8,13-16H2,1H3,(H2,23,26)/t22-/m1/s1. The molecular weight excluding hydrogens is 324 g/mol. The molecule has 1 fully saturated rings. The van der Waals surface area contributed by atoms with Crippen molar-refractivity contribution < 1.29 is 9.59 Å². The summed E-state index contributed by atoms with van der Waals surface area (Å²) >= 11 is 0. The first-order valence-corrected chi connectivity index (χ1v) is 9.27. The number of benzene rings is 2. The summed E-state index contributed by atoms with van der Waals surface area (Å²) in [6.07, 6.45) is 2.52. The highest BCUT2D eigenvalue weighted by Gasteiger charge is 2.44. The van der Waals surface area contributed by atoms with Gasteiger partial charge < -0.3 is 10.6 Å². The maximum atomic E-state index is 12.4. The van der Waals surface area contributed by atoms with Gasteiger partial charge >= 0.3 is 0 Å². The number of carbonyl (C=O) groups is 2. The van der Waals surface area contributed by atoms with Crippen LogP contribution in [0.4, 0.5) is 0 Å². The van der Waals surface area contributed by atoms with E-state index in [1.165, 1.54) is 0 Å². The molecule has 0 aliphatic carbocycles. The predicted molar refractivity (Wildman–Crippen MR) is 103 cm³/mol. The number of likely N-dealkylation sites (tertiary alicyclic amines) is 1. The second kappa shape index (κ2) is 7.73. The van der Waals surface area contributed by atoms with Crippen molar-refractivity contribution in [3.63, 3.8) is 0 Å². The summed E-state index contributed by atoms with van der Waals surface area (Å²) < 4.78 is 0. The molecule has 0 spiro atoms. The number of carbonyl (C=O) groups excluding carboxylic acids is 2. The van der Waals surface area contributed by atoms with Crippen LogP contribution < -0.4 is 5.73 Å². The van der Waals surface area contributed by atoms with Crippen LogP contribution in [0.3, 0.4) is 0 Å². The van der Waals surface area contributed by atoms with E-state index in [0.717, 1.165) is 23.1 Å². The smallest absolute Gasteiger partial charge is 0.225 e. The van der Waals surface area contributed by atoms with Crippen LogP contribution in [0, 0.1) is 5.41 Å². The zero-order chi connectivity index (χ0) is 18.6. The number of hydrogen-bond acceptors (Lipinski definition) is 2. The van der Waals surface area contributed by atoms with Gasteiger partial charge in [0.1, 0.15) is 0 Å². The van der Waals surface area contributed by atoms with Gasteiger partial charge in [-0.2, -0.15) is 0 Å². The second-order valence-electron chi connectivity index (χ2n) is 7.16. The van der Waals surface area contributed by atoms with Gasteiger partial charge in [0.15, 0.2) is 0 Å². The molecule has 2 N–H and O–H groups in total. The van der Waals surface area contributed by atoms with Gasteiger partial charge in [0.25, 0.3) is 0 Å². The number of rotatable bonds is 6. The molecule has 2 amide bonds. The molecule has 1 heterocycles. The topological polar surface area (TPSA) is 63.4 Å². The summed E-state index contributed by atoms with van der Waals surface area (Å²) in [7, 11) is 0. The van der Waals surface area contributed by atoms with Gasteiger partial charge in [0.2, 0.25) is 11.8 Å². The predicted octanol–water partition coefficient (Wildman–Crippen LogP) is 3.40. The quantitative estimate of drug-likeness (QED) is 0.868. The molecule has 1 aliphatic rings. The Morgan fingerprint density at radius 3 is 2.46 bits per heavy atom. The second-order valence-corrected chi connectivity index (χ2v) is 7.16. The van der Waals surface area contributed by atoms with E-state index in [-0.39, 0.29) is 11.8 Å². The Labute approximate surface area is 155 Å². The Bertz CT molecular complexity index is 788. The lowest BCUT2D eigenvalue weighted by molar-refractivity contribution is -0.132. The van der Waals surface area contributed by atoms with Crippen LogP contribution in [0.2, 0.25) is 0 Å². The van der Waals surface area contributed by atoms with Crippen LogP contribution in [0.5, 0.6) is 0 Å². The zero-order valence-electron chi connectivity index (χ0n) is 15.3. The minimum Gasteiger partial charge on any atom is -0.369 e. The van der Waals surface area contributed by atoms with Crippen molar-refractivity contribution >= 4 is 11.8 Å². The summed E-state index contributed by atoms with van der Waals surface area (Å²) in [6.45, 7) is 3.02. The van der Waals surface area contributed by atoms with E-state index in [1.807, 2.05) is 37.3 Å². The van der Waals surface area contributed by atoms with E-state index >= 15 is 0 Å². The fraction of sp³-hybridized carbons (Fsp3) is 0.364. The zero-order valence-corrected chi connectivity index (χ0v) is 15.3. The summed E-state index contributed by atoms with van der Waals surface area (Å²) in [5.74, 6) is -0.195. The van der Waals surface area contributed by atoms with E-state index < -0.39 is 5.41 Å². The lowest BCUT2D eigenvalue weighted by Gasteiger charge is -2.27. The highest BCUT2D eigenvalue weighted by molar-refractivity contribution is 5.85. The van der Waals surface area contributed by atoms with E-state index in [2.05, 4.69) is 24.3 Å². The van der Waals surface area contributed by atoms with Crippen molar-refractivity contribution in [2.75, 3.05) is 13.1 Å². The number of primary amides is 1. The van der Waals surface area contributed by atoms with Crippen molar-refractivity contribution in [2.45, 2.75) is 32.6 Å². The molecule has 136 valence electrons.